The van der Waals surface area contributed by atoms with Gasteiger partial charge in [0.25, 0.3) is 5.91 Å². The zero-order valence-corrected chi connectivity index (χ0v) is 12.7. The second kappa shape index (κ2) is 5.97. The molecule has 0 saturated heterocycles. The summed E-state index contributed by atoms with van der Waals surface area (Å²) in [5.74, 6) is -0.107. The van der Waals surface area contributed by atoms with Gasteiger partial charge in [0.15, 0.2) is 0 Å². The zero-order chi connectivity index (χ0) is 15.5. The molecule has 0 bridgehead atoms. The summed E-state index contributed by atoms with van der Waals surface area (Å²) in [5, 5.41) is 11.2. The van der Waals surface area contributed by atoms with Gasteiger partial charge < -0.3 is 5.32 Å². The first-order valence-electron chi connectivity index (χ1n) is 7.32. The molecule has 0 aliphatic heterocycles. The van der Waals surface area contributed by atoms with E-state index in [4.69, 9.17) is 0 Å². The highest BCUT2D eigenvalue weighted by molar-refractivity contribution is 5.97. The zero-order valence-electron chi connectivity index (χ0n) is 12.7. The highest BCUT2D eigenvalue weighted by Gasteiger charge is 2.11. The van der Waals surface area contributed by atoms with E-state index in [1.807, 2.05) is 47.1 Å². The molecule has 0 radical (unpaired) electrons. The Balaban J connectivity index is 1.77. The molecule has 0 unspecified atom stereocenters. The van der Waals surface area contributed by atoms with Crippen molar-refractivity contribution in [1.82, 2.24) is 20.3 Å². The first-order chi connectivity index (χ1) is 10.6. The summed E-state index contributed by atoms with van der Waals surface area (Å²) in [5.41, 5.74) is 3.34. The Hall–Kier alpha value is -2.69. The molecule has 0 aliphatic carbocycles. The van der Waals surface area contributed by atoms with E-state index >= 15 is 0 Å². The Bertz CT molecular complexity index is 793. The minimum absolute atomic E-state index is 0.107. The molecule has 5 nitrogen and oxygen atoms in total. The van der Waals surface area contributed by atoms with E-state index in [0.29, 0.717) is 12.1 Å². The van der Waals surface area contributed by atoms with Crippen LogP contribution in [0.3, 0.4) is 0 Å². The van der Waals surface area contributed by atoms with Crippen LogP contribution < -0.4 is 5.32 Å². The molecule has 0 saturated carbocycles. The third kappa shape index (κ3) is 2.83. The van der Waals surface area contributed by atoms with Gasteiger partial charge in [-0.05, 0) is 37.6 Å². The van der Waals surface area contributed by atoms with Crippen LogP contribution in [-0.4, -0.2) is 20.9 Å². The van der Waals surface area contributed by atoms with Gasteiger partial charge in [0.1, 0.15) is 5.52 Å². The lowest BCUT2D eigenvalue weighted by Crippen LogP contribution is -2.22. The lowest BCUT2D eigenvalue weighted by molar-refractivity contribution is 0.0951. The van der Waals surface area contributed by atoms with Crippen molar-refractivity contribution < 1.29 is 4.79 Å². The molecule has 0 aliphatic rings. The molecule has 1 amide bonds. The summed E-state index contributed by atoms with van der Waals surface area (Å²) in [6.07, 6.45) is 0. The van der Waals surface area contributed by atoms with Crippen LogP contribution in [0.2, 0.25) is 0 Å². The summed E-state index contributed by atoms with van der Waals surface area (Å²) < 4.78 is 1.85. The van der Waals surface area contributed by atoms with E-state index < -0.39 is 0 Å². The van der Waals surface area contributed by atoms with Gasteiger partial charge in [-0.15, -0.1) is 5.10 Å². The topological polar surface area (TPSA) is 59.8 Å². The van der Waals surface area contributed by atoms with Crippen LogP contribution in [0.5, 0.6) is 0 Å². The Labute approximate surface area is 129 Å². The van der Waals surface area contributed by atoms with Crippen LogP contribution in [0.25, 0.3) is 11.0 Å². The van der Waals surface area contributed by atoms with Gasteiger partial charge in [-0.3, -0.25) is 4.79 Å². The van der Waals surface area contributed by atoms with Crippen molar-refractivity contribution in [3.8, 4) is 0 Å². The van der Waals surface area contributed by atoms with E-state index in [0.717, 1.165) is 16.6 Å². The number of benzene rings is 2. The average molecular weight is 294 g/mol. The lowest BCUT2D eigenvalue weighted by Gasteiger charge is -2.07. The van der Waals surface area contributed by atoms with Crippen molar-refractivity contribution in [1.29, 1.82) is 0 Å². The molecule has 1 N–H and O–H groups in total. The number of amides is 1. The second-order valence-electron chi connectivity index (χ2n) is 5.50. The van der Waals surface area contributed by atoms with Crippen LogP contribution in [-0.2, 0) is 6.54 Å². The third-order valence-electron chi connectivity index (χ3n) is 3.52. The van der Waals surface area contributed by atoms with E-state index in [9.17, 15) is 4.79 Å². The summed E-state index contributed by atoms with van der Waals surface area (Å²) in [4.78, 5) is 12.2. The van der Waals surface area contributed by atoms with Crippen molar-refractivity contribution in [3.05, 3.63) is 59.7 Å². The Morgan fingerprint density at radius 1 is 1.18 bits per heavy atom. The van der Waals surface area contributed by atoms with Crippen molar-refractivity contribution >= 4 is 16.9 Å². The van der Waals surface area contributed by atoms with Gasteiger partial charge >= 0.3 is 0 Å². The Morgan fingerprint density at radius 3 is 2.68 bits per heavy atom. The maximum absolute atomic E-state index is 12.2. The van der Waals surface area contributed by atoms with Crippen LogP contribution >= 0.6 is 0 Å². The van der Waals surface area contributed by atoms with E-state index in [-0.39, 0.29) is 11.9 Å². The number of hydrogen-bond donors (Lipinski definition) is 1. The molecule has 2 aromatic carbocycles. The molecule has 112 valence electrons. The molecule has 0 fully saturated rings. The van der Waals surface area contributed by atoms with Crippen LogP contribution in [0.1, 0.15) is 35.8 Å². The molecular formula is C17H18N4O. The number of fused-ring (bicyclic) bond motifs is 1. The summed E-state index contributed by atoms with van der Waals surface area (Å²) in [6, 6.07) is 15.6. The standard InChI is InChI=1S/C17H18N4O/c1-12(2)21-16-9-8-14(10-15(16)19-20-21)17(22)18-11-13-6-4-3-5-7-13/h3-10,12H,11H2,1-2H3,(H,18,22). The Morgan fingerprint density at radius 2 is 1.95 bits per heavy atom. The minimum atomic E-state index is -0.107. The molecule has 1 aromatic heterocycles. The van der Waals surface area contributed by atoms with Crippen LogP contribution in [0, 0.1) is 0 Å². The van der Waals surface area contributed by atoms with Gasteiger partial charge in [-0.25, -0.2) is 4.68 Å². The SMILES string of the molecule is CC(C)n1nnc2cc(C(=O)NCc3ccccc3)ccc21. The van der Waals surface area contributed by atoms with Crippen molar-refractivity contribution in [2.24, 2.45) is 0 Å². The number of carbonyl (C=O) groups excluding carboxylic acids is 1. The maximum atomic E-state index is 12.2. The van der Waals surface area contributed by atoms with Crippen molar-refractivity contribution in [3.63, 3.8) is 0 Å². The molecule has 22 heavy (non-hydrogen) atoms. The highest BCUT2D eigenvalue weighted by Crippen LogP contribution is 2.17. The van der Waals surface area contributed by atoms with Gasteiger partial charge in [0.05, 0.1) is 5.52 Å². The first-order valence-corrected chi connectivity index (χ1v) is 7.32. The summed E-state index contributed by atoms with van der Waals surface area (Å²) in [6.45, 7) is 4.61. The molecule has 1 heterocycles. The first kappa shape index (κ1) is 14.3. The molecule has 3 aromatic rings. The number of aromatic nitrogens is 3. The highest BCUT2D eigenvalue weighted by atomic mass is 16.1. The number of rotatable bonds is 4. The fourth-order valence-corrected chi connectivity index (χ4v) is 2.34. The monoisotopic (exact) mass is 294 g/mol. The van der Waals surface area contributed by atoms with E-state index in [1.165, 1.54) is 0 Å². The molecule has 5 heteroatoms. The van der Waals surface area contributed by atoms with Gasteiger partial charge in [-0.2, -0.15) is 0 Å². The minimum Gasteiger partial charge on any atom is -0.348 e. The predicted molar refractivity (Wildman–Crippen MR) is 85.5 cm³/mol. The number of nitrogens with one attached hydrogen (secondary N) is 1. The maximum Gasteiger partial charge on any atom is 0.251 e. The fourth-order valence-electron chi connectivity index (χ4n) is 2.34. The van der Waals surface area contributed by atoms with Crippen molar-refractivity contribution in [2.75, 3.05) is 0 Å². The number of carbonyl (C=O) groups is 1. The number of nitrogens with zero attached hydrogens (tertiary/aromatic N) is 3. The second-order valence-corrected chi connectivity index (χ2v) is 5.50. The van der Waals surface area contributed by atoms with Gasteiger partial charge in [-0.1, -0.05) is 35.5 Å². The molecule has 3 rings (SSSR count). The van der Waals surface area contributed by atoms with Gasteiger partial charge in [0, 0.05) is 18.2 Å². The lowest BCUT2D eigenvalue weighted by atomic mass is 10.1. The fraction of sp³-hybridized carbons (Fsp3) is 0.235. The normalized spacial score (nSPS) is 11.0. The quantitative estimate of drug-likeness (QED) is 0.805. The van der Waals surface area contributed by atoms with Crippen molar-refractivity contribution in [2.45, 2.75) is 26.4 Å². The van der Waals surface area contributed by atoms with E-state index in [2.05, 4.69) is 29.5 Å². The molecule has 0 spiro atoms. The number of hydrogen-bond acceptors (Lipinski definition) is 3. The average Bonchev–Trinajstić information content (AvgIpc) is 2.97. The molecular weight excluding hydrogens is 276 g/mol. The smallest absolute Gasteiger partial charge is 0.251 e. The third-order valence-corrected chi connectivity index (χ3v) is 3.52. The summed E-state index contributed by atoms with van der Waals surface area (Å²) >= 11 is 0. The van der Waals surface area contributed by atoms with Gasteiger partial charge in [0.2, 0.25) is 0 Å². The summed E-state index contributed by atoms with van der Waals surface area (Å²) in [7, 11) is 0. The van der Waals surface area contributed by atoms with Crippen LogP contribution in [0.15, 0.2) is 48.5 Å². The molecule has 0 atom stereocenters. The predicted octanol–water partition coefficient (Wildman–Crippen LogP) is 2.94. The largest absolute Gasteiger partial charge is 0.348 e. The Kier molecular flexibility index (Phi) is 3.87. The van der Waals surface area contributed by atoms with E-state index in [1.54, 1.807) is 6.07 Å². The van der Waals surface area contributed by atoms with Crippen LogP contribution in [0.4, 0.5) is 0 Å².